The van der Waals surface area contributed by atoms with Crippen molar-refractivity contribution in [2.75, 3.05) is 11.1 Å². The molecule has 2 aromatic heterocycles. The second kappa shape index (κ2) is 10.0. The summed E-state index contributed by atoms with van der Waals surface area (Å²) >= 11 is 2.86. The number of nitrogens with one attached hydrogen (secondary N) is 1. The minimum Gasteiger partial charge on any atom is -0.383 e. The van der Waals surface area contributed by atoms with Crippen LogP contribution in [0, 0.1) is 0 Å². The van der Waals surface area contributed by atoms with Crippen LogP contribution in [0.5, 0.6) is 0 Å². The van der Waals surface area contributed by atoms with Gasteiger partial charge in [0.05, 0.1) is 5.56 Å². The molecule has 0 aliphatic heterocycles. The van der Waals surface area contributed by atoms with E-state index in [2.05, 4.69) is 31.2 Å². The van der Waals surface area contributed by atoms with Gasteiger partial charge in [-0.05, 0) is 40.5 Å². The number of nitrogens with two attached hydrogens (primary N) is 1. The van der Waals surface area contributed by atoms with E-state index in [9.17, 15) is 35.1 Å². The van der Waals surface area contributed by atoms with E-state index in [1.54, 1.807) is 0 Å². The van der Waals surface area contributed by atoms with Gasteiger partial charge in [-0.2, -0.15) is 26.3 Å². The van der Waals surface area contributed by atoms with E-state index in [1.807, 2.05) is 0 Å². The van der Waals surface area contributed by atoms with Crippen LogP contribution in [0.25, 0.3) is 0 Å². The van der Waals surface area contributed by atoms with Crippen LogP contribution in [0.4, 0.5) is 46.8 Å². The van der Waals surface area contributed by atoms with Crippen LogP contribution >= 0.6 is 15.9 Å². The van der Waals surface area contributed by atoms with Crippen molar-refractivity contribution in [2.24, 2.45) is 0 Å². The van der Waals surface area contributed by atoms with Gasteiger partial charge in [0.25, 0.3) is 6.43 Å². The fourth-order valence-corrected chi connectivity index (χ4v) is 2.34. The monoisotopic (exact) mass is 494 g/mol. The van der Waals surface area contributed by atoms with Gasteiger partial charge in [-0.15, -0.1) is 0 Å². The number of hydrogen-bond acceptors (Lipinski definition) is 4. The maximum Gasteiger partial charge on any atom is 0.419 e. The largest absolute Gasteiger partial charge is 0.419 e. The topological polar surface area (TPSA) is 63.8 Å². The second-order valence-corrected chi connectivity index (χ2v) is 6.33. The predicted octanol–water partition coefficient (Wildman–Crippen LogP) is 6.22. The molecule has 0 fully saturated rings. The molecule has 4 nitrogen and oxygen atoms in total. The zero-order chi connectivity index (χ0) is 22.4. The minimum absolute atomic E-state index is 0.0584. The van der Waals surface area contributed by atoms with Gasteiger partial charge in [0, 0.05) is 22.4 Å². The number of nitrogen functional groups attached to an aromatic ring is 1. The molecule has 0 saturated heterocycles. The van der Waals surface area contributed by atoms with Crippen molar-refractivity contribution in [1.82, 2.24) is 9.97 Å². The first-order valence-electron chi connectivity index (χ1n) is 7.81. The van der Waals surface area contributed by atoms with Gasteiger partial charge in [-0.3, -0.25) is 0 Å². The van der Waals surface area contributed by atoms with Crippen LogP contribution in [0.2, 0.25) is 0 Å². The average molecular weight is 495 g/mol. The Morgan fingerprint density at radius 2 is 1.76 bits per heavy atom. The number of hydrogen-bond donors (Lipinski definition) is 2. The molecule has 13 heteroatoms. The smallest absolute Gasteiger partial charge is 0.383 e. The lowest BCUT2D eigenvalue weighted by Gasteiger charge is -2.21. The Labute approximate surface area is 168 Å². The molecule has 0 aliphatic carbocycles. The normalized spacial score (nSPS) is 12.9. The summed E-state index contributed by atoms with van der Waals surface area (Å²) in [5.41, 5.74) is 3.69. The standard InChI is InChI=1S/C10H10BrF5N2.C6H5F3N2/c1-2-7(10(14,15)16)18-8-3-5(9(12)13)6(11)4-17-8;7-6(8,9)4-2-1-3-11-5(4)10/h3-4,7,9H,2H2,1H3,(H,17,18);1-3H,(H2,10,11)/t7-;/m0./s1. The van der Waals surface area contributed by atoms with E-state index in [1.165, 1.54) is 19.2 Å². The van der Waals surface area contributed by atoms with E-state index in [4.69, 9.17) is 5.73 Å². The summed E-state index contributed by atoms with van der Waals surface area (Å²) in [6.45, 7) is 1.35. The molecule has 162 valence electrons. The lowest BCUT2D eigenvalue weighted by Crippen LogP contribution is -2.35. The molecular weight excluding hydrogens is 480 g/mol. The molecular formula is C16H15BrF8N4. The molecule has 0 unspecified atom stereocenters. The van der Waals surface area contributed by atoms with E-state index in [-0.39, 0.29) is 16.7 Å². The zero-order valence-corrected chi connectivity index (χ0v) is 16.2. The molecule has 3 N–H and O–H groups in total. The van der Waals surface area contributed by atoms with Gasteiger partial charge >= 0.3 is 12.4 Å². The highest BCUT2D eigenvalue weighted by molar-refractivity contribution is 9.10. The molecule has 0 aliphatic rings. The number of anilines is 2. The van der Waals surface area contributed by atoms with E-state index < -0.39 is 41.8 Å². The maximum absolute atomic E-state index is 12.6. The Balaban J connectivity index is 0.000000326. The van der Waals surface area contributed by atoms with Gasteiger partial charge in [-0.1, -0.05) is 6.92 Å². The third-order valence-electron chi connectivity index (χ3n) is 3.39. The van der Waals surface area contributed by atoms with Crippen LogP contribution in [0.1, 0.15) is 30.9 Å². The van der Waals surface area contributed by atoms with Crippen molar-refractivity contribution in [3.05, 3.63) is 46.2 Å². The predicted molar refractivity (Wildman–Crippen MR) is 94.3 cm³/mol. The zero-order valence-electron chi connectivity index (χ0n) is 14.6. The Morgan fingerprint density at radius 1 is 1.14 bits per heavy atom. The first-order valence-corrected chi connectivity index (χ1v) is 8.61. The summed E-state index contributed by atoms with van der Waals surface area (Å²) in [6, 6.07) is 1.18. The quantitative estimate of drug-likeness (QED) is 0.495. The van der Waals surface area contributed by atoms with Crippen molar-refractivity contribution < 1.29 is 35.1 Å². The third-order valence-corrected chi connectivity index (χ3v) is 4.05. The van der Waals surface area contributed by atoms with Crippen LogP contribution in [0.15, 0.2) is 35.1 Å². The summed E-state index contributed by atoms with van der Waals surface area (Å²) < 4.78 is 98.4. The SMILES string of the molecule is CC[C@H](Nc1cc(C(F)F)c(Br)cn1)C(F)(F)F.Nc1ncccc1C(F)(F)F. The summed E-state index contributed by atoms with van der Waals surface area (Å²) in [5.74, 6) is -0.710. The highest BCUT2D eigenvalue weighted by Gasteiger charge is 2.38. The van der Waals surface area contributed by atoms with Gasteiger partial charge in [-0.25, -0.2) is 18.7 Å². The van der Waals surface area contributed by atoms with Crippen LogP contribution in [-0.4, -0.2) is 22.2 Å². The molecule has 2 aromatic rings. The molecule has 0 spiro atoms. The number of nitrogens with zero attached hydrogens (tertiary/aromatic N) is 2. The fraction of sp³-hybridized carbons (Fsp3) is 0.375. The Hall–Kier alpha value is -2.18. The number of rotatable bonds is 4. The summed E-state index contributed by atoms with van der Waals surface area (Å²) in [4.78, 5) is 6.93. The molecule has 0 amide bonds. The van der Waals surface area contributed by atoms with Crippen molar-refractivity contribution in [2.45, 2.75) is 38.2 Å². The van der Waals surface area contributed by atoms with Gasteiger partial charge in [0.15, 0.2) is 0 Å². The molecule has 2 heterocycles. The highest BCUT2D eigenvalue weighted by atomic mass is 79.9. The van der Waals surface area contributed by atoms with Crippen molar-refractivity contribution >= 4 is 27.6 Å². The lowest BCUT2D eigenvalue weighted by molar-refractivity contribution is -0.143. The molecule has 2 rings (SSSR count). The second-order valence-electron chi connectivity index (χ2n) is 5.47. The van der Waals surface area contributed by atoms with Crippen LogP contribution < -0.4 is 11.1 Å². The first-order chi connectivity index (χ1) is 13.3. The molecule has 0 bridgehead atoms. The summed E-state index contributed by atoms with van der Waals surface area (Å²) in [5, 5.41) is 2.10. The minimum atomic E-state index is -4.45. The van der Waals surface area contributed by atoms with E-state index in [0.717, 1.165) is 18.3 Å². The third kappa shape index (κ3) is 7.63. The van der Waals surface area contributed by atoms with Crippen molar-refractivity contribution in [3.8, 4) is 0 Å². The number of halogens is 9. The molecule has 0 radical (unpaired) electrons. The maximum atomic E-state index is 12.6. The molecule has 29 heavy (non-hydrogen) atoms. The van der Waals surface area contributed by atoms with Crippen molar-refractivity contribution in [3.63, 3.8) is 0 Å². The summed E-state index contributed by atoms with van der Waals surface area (Å²) in [7, 11) is 0. The highest BCUT2D eigenvalue weighted by Crippen LogP contribution is 2.32. The van der Waals surface area contributed by atoms with Crippen molar-refractivity contribution in [1.29, 1.82) is 0 Å². The van der Waals surface area contributed by atoms with E-state index in [0.29, 0.717) is 0 Å². The molecule has 0 saturated carbocycles. The van der Waals surface area contributed by atoms with Gasteiger partial charge in [0.1, 0.15) is 17.7 Å². The lowest BCUT2D eigenvalue weighted by atomic mass is 10.2. The van der Waals surface area contributed by atoms with Crippen LogP contribution in [-0.2, 0) is 6.18 Å². The fourth-order valence-electron chi connectivity index (χ4n) is 1.95. The molecule has 1 atom stereocenters. The molecule has 0 aromatic carbocycles. The summed E-state index contributed by atoms with van der Waals surface area (Å²) in [6.07, 6.45) is -9.59. The van der Waals surface area contributed by atoms with Gasteiger partial charge < -0.3 is 11.1 Å². The average Bonchev–Trinajstić information content (AvgIpc) is 2.59. The van der Waals surface area contributed by atoms with Crippen LogP contribution in [0.3, 0.4) is 0 Å². The van der Waals surface area contributed by atoms with E-state index >= 15 is 0 Å². The number of pyridine rings is 2. The Bertz CT molecular complexity index is 795. The number of alkyl halides is 8. The first kappa shape index (κ1) is 24.9. The van der Waals surface area contributed by atoms with Gasteiger partial charge in [0.2, 0.25) is 0 Å². The Morgan fingerprint density at radius 3 is 2.17 bits per heavy atom. The Kier molecular flexibility index (Phi) is 8.60. The number of aromatic nitrogens is 2.